The number of hydrogen-bond acceptors (Lipinski definition) is 2. The molecule has 0 fully saturated rings. The smallest absolute Gasteiger partial charge is 0.335 e. The van der Waals surface area contributed by atoms with Gasteiger partial charge < -0.3 is 10.4 Å². The van der Waals surface area contributed by atoms with Crippen LogP contribution in [-0.4, -0.2) is 17.6 Å². The Morgan fingerprint density at radius 2 is 2.17 bits per heavy atom. The zero-order chi connectivity index (χ0) is 13.4. The highest BCUT2D eigenvalue weighted by atomic mass is 16.4. The molecule has 1 aromatic carbocycles. The minimum atomic E-state index is -0.878. The number of benzene rings is 1. The molecule has 0 heterocycles. The standard InChI is InChI=1S/C15H23NO2/c1-3-5-7-12(4-2)11-16-14-9-6-8-13(10-14)15(17)18/h6,8-10,12,16H,3-5,7,11H2,1-2H3,(H,17,18). The molecule has 1 unspecified atom stereocenters. The molecule has 0 spiro atoms. The second kappa shape index (κ2) is 7.75. The fourth-order valence-corrected chi connectivity index (χ4v) is 1.97. The Kier molecular flexibility index (Phi) is 6.26. The van der Waals surface area contributed by atoms with Crippen LogP contribution in [0.5, 0.6) is 0 Å². The molecule has 100 valence electrons. The Morgan fingerprint density at radius 1 is 1.39 bits per heavy atom. The van der Waals surface area contributed by atoms with Gasteiger partial charge in [0.1, 0.15) is 0 Å². The molecule has 0 amide bonds. The van der Waals surface area contributed by atoms with E-state index in [9.17, 15) is 4.79 Å². The summed E-state index contributed by atoms with van der Waals surface area (Å²) in [6, 6.07) is 6.99. The third-order valence-corrected chi connectivity index (χ3v) is 3.25. The van der Waals surface area contributed by atoms with Crippen LogP contribution in [0.25, 0.3) is 0 Å². The Hall–Kier alpha value is -1.51. The molecule has 0 saturated carbocycles. The Balaban J connectivity index is 2.51. The second-order valence-electron chi connectivity index (χ2n) is 4.68. The molecule has 0 aliphatic carbocycles. The van der Waals surface area contributed by atoms with Gasteiger partial charge in [0.15, 0.2) is 0 Å². The van der Waals surface area contributed by atoms with E-state index in [1.807, 2.05) is 6.07 Å². The molecule has 0 aliphatic heterocycles. The van der Waals surface area contributed by atoms with Crippen molar-refractivity contribution in [3.8, 4) is 0 Å². The van der Waals surface area contributed by atoms with Crippen LogP contribution in [0.2, 0.25) is 0 Å². The normalized spacial score (nSPS) is 12.1. The number of nitrogens with one attached hydrogen (secondary N) is 1. The highest BCUT2D eigenvalue weighted by Gasteiger charge is 2.07. The fraction of sp³-hybridized carbons (Fsp3) is 0.533. The van der Waals surface area contributed by atoms with Crippen LogP contribution in [0, 0.1) is 5.92 Å². The van der Waals surface area contributed by atoms with Gasteiger partial charge in [-0.1, -0.05) is 39.2 Å². The van der Waals surface area contributed by atoms with Gasteiger partial charge in [0, 0.05) is 12.2 Å². The molecule has 0 aromatic heterocycles. The van der Waals surface area contributed by atoms with Crippen molar-refractivity contribution in [3.05, 3.63) is 29.8 Å². The van der Waals surface area contributed by atoms with Gasteiger partial charge in [0.05, 0.1) is 5.56 Å². The zero-order valence-corrected chi connectivity index (χ0v) is 11.3. The van der Waals surface area contributed by atoms with Gasteiger partial charge >= 0.3 is 5.97 Å². The van der Waals surface area contributed by atoms with Crippen LogP contribution in [0.4, 0.5) is 5.69 Å². The summed E-state index contributed by atoms with van der Waals surface area (Å²) in [7, 11) is 0. The zero-order valence-electron chi connectivity index (χ0n) is 11.3. The number of carbonyl (C=O) groups is 1. The average molecular weight is 249 g/mol. The van der Waals surface area contributed by atoms with Crippen molar-refractivity contribution >= 4 is 11.7 Å². The molecular weight excluding hydrogens is 226 g/mol. The first-order chi connectivity index (χ1) is 8.67. The Morgan fingerprint density at radius 3 is 2.78 bits per heavy atom. The second-order valence-corrected chi connectivity index (χ2v) is 4.68. The lowest BCUT2D eigenvalue weighted by Gasteiger charge is -2.16. The lowest BCUT2D eigenvalue weighted by Crippen LogP contribution is -2.14. The Labute approximate surface area is 109 Å². The number of unbranched alkanes of at least 4 members (excludes halogenated alkanes) is 1. The van der Waals surface area contributed by atoms with Crippen molar-refractivity contribution in [1.82, 2.24) is 0 Å². The maximum absolute atomic E-state index is 10.9. The average Bonchev–Trinajstić information content (AvgIpc) is 2.39. The van der Waals surface area contributed by atoms with E-state index >= 15 is 0 Å². The summed E-state index contributed by atoms with van der Waals surface area (Å²) < 4.78 is 0. The molecular formula is C15H23NO2. The van der Waals surface area contributed by atoms with Crippen molar-refractivity contribution in [1.29, 1.82) is 0 Å². The number of aromatic carboxylic acids is 1. The first-order valence-corrected chi connectivity index (χ1v) is 6.74. The first-order valence-electron chi connectivity index (χ1n) is 6.74. The van der Waals surface area contributed by atoms with Gasteiger partial charge in [-0.05, 0) is 30.5 Å². The van der Waals surface area contributed by atoms with E-state index in [4.69, 9.17) is 5.11 Å². The lowest BCUT2D eigenvalue weighted by atomic mass is 9.99. The third kappa shape index (κ3) is 4.78. The number of hydrogen-bond donors (Lipinski definition) is 2. The van der Waals surface area contributed by atoms with Crippen molar-refractivity contribution in [2.45, 2.75) is 39.5 Å². The summed E-state index contributed by atoms with van der Waals surface area (Å²) in [6.45, 7) is 5.33. The van der Waals surface area contributed by atoms with Crippen LogP contribution in [0.3, 0.4) is 0 Å². The van der Waals surface area contributed by atoms with Crippen molar-refractivity contribution in [3.63, 3.8) is 0 Å². The van der Waals surface area contributed by atoms with Gasteiger partial charge in [-0.3, -0.25) is 0 Å². The van der Waals surface area contributed by atoms with Crippen molar-refractivity contribution < 1.29 is 9.90 Å². The highest BCUT2D eigenvalue weighted by Crippen LogP contribution is 2.15. The van der Waals surface area contributed by atoms with Gasteiger partial charge in [0.2, 0.25) is 0 Å². The summed E-state index contributed by atoms with van der Waals surface area (Å²) in [6.07, 6.45) is 4.88. The summed E-state index contributed by atoms with van der Waals surface area (Å²) in [5.41, 5.74) is 1.23. The Bertz CT molecular complexity index is 377. The van der Waals surface area contributed by atoms with E-state index in [0.29, 0.717) is 11.5 Å². The molecule has 1 atom stereocenters. The predicted molar refractivity (Wildman–Crippen MR) is 75.2 cm³/mol. The number of rotatable bonds is 8. The number of carboxylic acid groups (broad SMARTS) is 1. The van der Waals surface area contributed by atoms with E-state index in [1.54, 1.807) is 18.2 Å². The van der Waals surface area contributed by atoms with Crippen LogP contribution in [-0.2, 0) is 0 Å². The van der Waals surface area contributed by atoms with Crippen molar-refractivity contribution in [2.24, 2.45) is 5.92 Å². The van der Waals surface area contributed by atoms with Crippen LogP contribution in [0.1, 0.15) is 49.9 Å². The SMILES string of the molecule is CCCCC(CC)CNc1cccc(C(=O)O)c1. The molecule has 1 aromatic rings. The molecule has 1 rings (SSSR count). The number of anilines is 1. The minimum Gasteiger partial charge on any atom is -0.478 e. The lowest BCUT2D eigenvalue weighted by molar-refractivity contribution is 0.0697. The summed E-state index contributed by atoms with van der Waals surface area (Å²) in [4.78, 5) is 10.9. The van der Waals surface area contributed by atoms with E-state index in [0.717, 1.165) is 18.7 Å². The van der Waals surface area contributed by atoms with E-state index in [2.05, 4.69) is 19.2 Å². The quantitative estimate of drug-likeness (QED) is 0.731. The van der Waals surface area contributed by atoms with E-state index in [-0.39, 0.29) is 0 Å². The topological polar surface area (TPSA) is 49.3 Å². The summed E-state index contributed by atoms with van der Waals surface area (Å²) in [5.74, 6) is -0.213. The van der Waals surface area contributed by atoms with Crippen molar-refractivity contribution in [2.75, 3.05) is 11.9 Å². The van der Waals surface area contributed by atoms with Crippen LogP contribution in [0.15, 0.2) is 24.3 Å². The maximum atomic E-state index is 10.9. The van der Waals surface area contributed by atoms with Gasteiger partial charge in [-0.2, -0.15) is 0 Å². The van der Waals surface area contributed by atoms with Crippen LogP contribution < -0.4 is 5.32 Å². The third-order valence-electron chi connectivity index (χ3n) is 3.25. The number of carboxylic acids is 1. The first kappa shape index (κ1) is 14.6. The van der Waals surface area contributed by atoms with Gasteiger partial charge in [0.25, 0.3) is 0 Å². The molecule has 0 radical (unpaired) electrons. The summed E-state index contributed by atoms with van der Waals surface area (Å²) in [5, 5.41) is 12.3. The monoisotopic (exact) mass is 249 g/mol. The largest absolute Gasteiger partial charge is 0.478 e. The van der Waals surface area contributed by atoms with Crippen LogP contribution >= 0.6 is 0 Å². The van der Waals surface area contributed by atoms with E-state index < -0.39 is 5.97 Å². The predicted octanol–water partition coefficient (Wildman–Crippen LogP) is 4.01. The molecule has 3 heteroatoms. The van der Waals surface area contributed by atoms with E-state index in [1.165, 1.54) is 19.3 Å². The summed E-state index contributed by atoms with van der Waals surface area (Å²) >= 11 is 0. The minimum absolute atomic E-state index is 0.335. The van der Waals surface area contributed by atoms with Gasteiger partial charge in [-0.25, -0.2) is 4.79 Å². The molecule has 18 heavy (non-hydrogen) atoms. The molecule has 2 N–H and O–H groups in total. The fourth-order valence-electron chi connectivity index (χ4n) is 1.97. The molecule has 0 aliphatic rings. The maximum Gasteiger partial charge on any atom is 0.335 e. The molecule has 0 saturated heterocycles. The molecule has 3 nitrogen and oxygen atoms in total. The molecule has 0 bridgehead atoms. The highest BCUT2D eigenvalue weighted by molar-refractivity contribution is 5.88. The van der Waals surface area contributed by atoms with Gasteiger partial charge in [-0.15, -0.1) is 0 Å².